The summed E-state index contributed by atoms with van der Waals surface area (Å²) in [5.41, 5.74) is 1.69. The van der Waals surface area contributed by atoms with Crippen LogP contribution in [0.2, 0.25) is 0 Å². The molecule has 8 heteroatoms. The van der Waals surface area contributed by atoms with Crippen LogP contribution in [0.25, 0.3) is 0 Å². The molecule has 2 aliphatic heterocycles. The Kier molecular flexibility index (Phi) is 4.84. The number of nitrogens with one attached hydrogen (secondary N) is 1. The van der Waals surface area contributed by atoms with Crippen LogP contribution in [0.3, 0.4) is 0 Å². The monoisotopic (exact) mass is 407 g/mol. The van der Waals surface area contributed by atoms with E-state index in [0.717, 1.165) is 37.8 Å². The Morgan fingerprint density at radius 3 is 2.77 bits per heavy atom. The molecule has 8 nitrogen and oxygen atoms in total. The topological polar surface area (TPSA) is 99.3 Å². The van der Waals surface area contributed by atoms with E-state index >= 15 is 0 Å². The fourth-order valence-corrected chi connectivity index (χ4v) is 4.49. The number of H-pyrrole nitrogens is 1. The van der Waals surface area contributed by atoms with Crippen molar-refractivity contribution in [2.24, 2.45) is 5.92 Å². The minimum Gasteiger partial charge on any atom is -0.337 e. The normalized spacial score (nSPS) is 21.3. The number of piperidine rings is 1. The first kappa shape index (κ1) is 19.0. The molecular formula is C22H25N5O3. The van der Waals surface area contributed by atoms with Crippen molar-refractivity contribution in [3.8, 4) is 0 Å². The maximum absolute atomic E-state index is 13.1. The molecule has 2 fully saturated rings. The average Bonchev–Trinajstić information content (AvgIpc) is 3.64. The zero-order valence-electron chi connectivity index (χ0n) is 16.8. The second kappa shape index (κ2) is 7.66. The van der Waals surface area contributed by atoms with Crippen LogP contribution in [0.15, 0.2) is 29.3 Å². The number of aromatic amines is 1. The number of carbonyl (C=O) groups excluding carboxylic acids is 2. The molecule has 1 saturated carbocycles. The number of likely N-dealkylation sites (tertiary alicyclic amines) is 1. The summed E-state index contributed by atoms with van der Waals surface area (Å²) in [5.74, 6) is 0.767. The van der Waals surface area contributed by atoms with Gasteiger partial charge in [-0.3, -0.25) is 19.4 Å². The molecule has 1 N–H and O–H groups in total. The Morgan fingerprint density at radius 1 is 1.13 bits per heavy atom. The molecule has 0 spiro atoms. The first-order valence-corrected chi connectivity index (χ1v) is 10.7. The van der Waals surface area contributed by atoms with Crippen LogP contribution < -0.4 is 5.56 Å². The predicted octanol–water partition coefficient (Wildman–Crippen LogP) is 1.83. The lowest BCUT2D eigenvalue weighted by Crippen LogP contribution is -2.43. The number of hydrogen-bond acceptors (Lipinski definition) is 5. The number of aromatic nitrogens is 3. The SMILES string of the molecule is O=C(C1CC1)N1CCc2nc([C@H]3CCCCN3C(=O)c3cccnc3)[nH]c(=O)c2C1. The molecule has 5 rings (SSSR count). The smallest absolute Gasteiger partial charge is 0.256 e. The first-order valence-electron chi connectivity index (χ1n) is 10.7. The summed E-state index contributed by atoms with van der Waals surface area (Å²) in [4.78, 5) is 53.7. The van der Waals surface area contributed by atoms with E-state index < -0.39 is 0 Å². The molecule has 0 aromatic carbocycles. The standard InChI is InChI=1S/C22H25N5O3/c28-20-16-13-26(21(29)14-6-7-14)11-8-17(16)24-19(25-20)18-5-1-2-10-27(18)22(30)15-4-3-9-23-12-15/h3-4,9,12,14,18H,1-2,5-8,10-11,13H2,(H,24,25,28)/t18-/m1/s1. The number of pyridine rings is 1. The lowest BCUT2D eigenvalue weighted by molar-refractivity contribution is -0.133. The zero-order valence-corrected chi connectivity index (χ0v) is 16.8. The largest absolute Gasteiger partial charge is 0.337 e. The number of rotatable bonds is 3. The first-order chi connectivity index (χ1) is 14.6. The van der Waals surface area contributed by atoms with E-state index in [1.165, 1.54) is 0 Å². The second-order valence-electron chi connectivity index (χ2n) is 8.41. The lowest BCUT2D eigenvalue weighted by Gasteiger charge is -2.36. The van der Waals surface area contributed by atoms with Crippen molar-refractivity contribution in [2.45, 2.75) is 51.1 Å². The van der Waals surface area contributed by atoms with E-state index in [9.17, 15) is 14.4 Å². The summed E-state index contributed by atoms with van der Waals surface area (Å²) < 4.78 is 0. The molecule has 4 heterocycles. The van der Waals surface area contributed by atoms with Gasteiger partial charge in [-0.2, -0.15) is 0 Å². The highest BCUT2D eigenvalue weighted by Crippen LogP contribution is 2.33. The summed E-state index contributed by atoms with van der Waals surface area (Å²) in [7, 11) is 0. The highest BCUT2D eigenvalue weighted by molar-refractivity contribution is 5.94. The minimum atomic E-state index is -0.254. The summed E-state index contributed by atoms with van der Waals surface area (Å²) in [6, 6.07) is 3.26. The van der Waals surface area contributed by atoms with Crippen LogP contribution in [0.4, 0.5) is 0 Å². The van der Waals surface area contributed by atoms with Crippen LogP contribution in [-0.4, -0.2) is 49.7 Å². The van der Waals surface area contributed by atoms with Crippen LogP contribution in [-0.2, 0) is 17.8 Å². The van der Waals surface area contributed by atoms with Gasteiger partial charge in [-0.15, -0.1) is 0 Å². The van der Waals surface area contributed by atoms with Crippen LogP contribution in [0.1, 0.15) is 65.6 Å². The van der Waals surface area contributed by atoms with Gasteiger partial charge >= 0.3 is 0 Å². The predicted molar refractivity (Wildman–Crippen MR) is 109 cm³/mol. The molecule has 1 saturated heterocycles. The molecule has 30 heavy (non-hydrogen) atoms. The van der Waals surface area contributed by atoms with E-state index in [1.54, 1.807) is 34.3 Å². The van der Waals surface area contributed by atoms with Gasteiger partial charge in [-0.1, -0.05) is 0 Å². The average molecular weight is 407 g/mol. The number of nitrogens with zero attached hydrogens (tertiary/aromatic N) is 4. The Morgan fingerprint density at radius 2 is 2.00 bits per heavy atom. The summed E-state index contributed by atoms with van der Waals surface area (Å²) >= 11 is 0. The quantitative estimate of drug-likeness (QED) is 0.837. The van der Waals surface area contributed by atoms with E-state index in [2.05, 4.69) is 9.97 Å². The van der Waals surface area contributed by atoms with E-state index in [1.807, 2.05) is 0 Å². The van der Waals surface area contributed by atoms with E-state index in [-0.39, 0.29) is 29.3 Å². The summed E-state index contributed by atoms with van der Waals surface area (Å²) in [5, 5.41) is 0. The molecule has 156 valence electrons. The van der Waals surface area contributed by atoms with Gasteiger partial charge in [0, 0.05) is 37.8 Å². The van der Waals surface area contributed by atoms with Crippen molar-refractivity contribution in [2.75, 3.05) is 13.1 Å². The summed E-state index contributed by atoms with van der Waals surface area (Å²) in [6.07, 6.45) is 8.37. The summed E-state index contributed by atoms with van der Waals surface area (Å²) in [6.45, 7) is 1.56. The molecule has 1 atom stereocenters. The Labute approximate surface area is 174 Å². The minimum absolute atomic E-state index is 0.0885. The van der Waals surface area contributed by atoms with Gasteiger partial charge in [-0.25, -0.2) is 4.98 Å². The highest BCUT2D eigenvalue weighted by atomic mass is 16.2. The number of fused-ring (bicyclic) bond motifs is 1. The molecular weight excluding hydrogens is 382 g/mol. The van der Waals surface area contributed by atoms with Crippen molar-refractivity contribution in [3.05, 3.63) is 57.5 Å². The van der Waals surface area contributed by atoms with Crippen LogP contribution in [0.5, 0.6) is 0 Å². The van der Waals surface area contributed by atoms with Crippen LogP contribution >= 0.6 is 0 Å². The van der Waals surface area contributed by atoms with Gasteiger partial charge in [0.2, 0.25) is 5.91 Å². The number of hydrogen-bond donors (Lipinski definition) is 1. The molecule has 3 aliphatic rings. The van der Waals surface area contributed by atoms with Crippen molar-refractivity contribution in [3.63, 3.8) is 0 Å². The van der Waals surface area contributed by atoms with Gasteiger partial charge < -0.3 is 14.8 Å². The van der Waals surface area contributed by atoms with Crippen molar-refractivity contribution < 1.29 is 9.59 Å². The molecule has 2 amide bonds. The fraction of sp³-hybridized carbons (Fsp3) is 0.500. The van der Waals surface area contributed by atoms with E-state index in [4.69, 9.17) is 4.98 Å². The maximum Gasteiger partial charge on any atom is 0.256 e. The third-order valence-corrected chi connectivity index (χ3v) is 6.31. The molecule has 2 aromatic rings. The van der Waals surface area contributed by atoms with Gasteiger partial charge in [0.25, 0.3) is 11.5 Å². The van der Waals surface area contributed by atoms with Gasteiger partial charge in [-0.05, 0) is 44.2 Å². The third kappa shape index (κ3) is 3.51. The van der Waals surface area contributed by atoms with Crippen molar-refractivity contribution >= 4 is 11.8 Å². The van der Waals surface area contributed by atoms with Crippen molar-refractivity contribution in [1.29, 1.82) is 0 Å². The van der Waals surface area contributed by atoms with Crippen molar-refractivity contribution in [1.82, 2.24) is 24.8 Å². The molecule has 0 bridgehead atoms. The Bertz CT molecular complexity index is 1030. The van der Waals surface area contributed by atoms with Gasteiger partial charge in [0.05, 0.1) is 29.4 Å². The second-order valence-corrected chi connectivity index (χ2v) is 8.41. The van der Waals surface area contributed by atoms with Gasteiger partial charge in [0.1, 0.15) is 5.82 Å². The van der Waals surface area contributed by atoms with Gasteiger partial charge in [0.15, 0.2) is 0 Å². The molecule has 0 unspecified atom stereocenters. The number of amides is 2. The molecule has 2 aromatic heterocycles. The third-order valence-electron chi connectivity index (χ3n) is 6.31. The molecule has 0 radical (unpaired) electrons. The lowest BCUT2D eigenvalue weighted by atomic mass is 9.99. The maximum atomic E-state index is 13.1. The fourth-order valence-electron chi connectivity index (χ4n) is 4.49. The molecule has 1 aliphatic carbocycles. The number of carbonyl (C=O) groups is 2. The van der Waals surface area contributed by atoms with Crippen LogP contribution in [0, 0.1) is 5.92 Å². The highest BCUT2D eigenvalue weighted by Gasteiger charge is 2.36. The Hall–Kier alpha value is -3.03. The van der Waals surface area contributed by atoms with E-state index in [0.29, 0.717) is 43.0 Å². The Balaban J connectivity index is 1.42. The zero-order chi connectivity index (χ0) is 20.7.